The van der Waals surface area contributed by atoms with Crippen molar-refractivity contribution in [3.63, 3.8) is 0 Å². The molecule has 1 aliphatic rings. The number of hydrogen-bond acceptors (Lipinski definition) is 5. The van der Waals surface area contributed by atoms with Crippen molar-refractivity contribution in [2.75, 3.05) is 6.54 Å². The second-order valence-corrected chi connectivity index (χ2v) is 12.5. The van der Waals surface area contributed by atoms with E-state index in [2.05, 4.69) is 36.3 Å². The van der Waals surface area contributed by atoms with Crippen molar-refractivity contribution < 1.29 is 4.79 Å². The van der Waals surface area contributed by atoms with Crippen LogP contribution >= 0.6 is 27.5 Å². The molecule has 0 saturated heterocycles. The van der Waals surface area contributed by atoms with E-state index in [0.29, 0.717) is 48.3 Å². The molecule has 12 heteroatoms. The molecule has 1 N–H and O–H groups in total. The van der Waals surface area contributed by atoms with Crippen LogP contribution in [-0.2, 0) is 19.6 Å². The Morgan fingerprint density at radius 3 is 2.37 bits per heavy atom. The minimum Gasteiger partial charge on any atom is -0.344 e. The lowest BCUT2D eigenvalue weighted by molar-refractivity contribution is 0.0929. The Morgan fingerprint density at radius 1 is 0.935 bits per heavy atom. The van der Waals surface area contributed by atoms with E-state index >= 15 is 0 Å². The smallest absolute Gasteiger partial charge is 0.333 e. The van der Waals surface area contributed by atoms with Gasteiger partial charge < -0.3 is 5.32 Å². The highest BCUT2D eigenvalue weighted by atomic mass is 79.9. The van der Waals surface area contributed by atoms with Crippen molar-refractivity contribution in [2.45, 2.75) is 32.6 Å². The first-order valence-corrected chi connectivity index (χ1v) is 16.1. The molecule has 0 saturated carbocycles. The number of carbonyl (C=O) groups is 1. The SMILES string of the molecule is C[C@H](NC(=O)c1c2n(c(=O)n1-c1ccc(-n3cccn3)cc1)CCN(Cc1ccc(Br)c(Cl)c1)C2)c1ccccc1-n1cccn1. The third kappa shape index (κ3) is 5.73. The van der Waals surface area contributed by atoms with Gasteiger partial charge in [-0.3, -0.25) is 18.8 Å². The first-order chi connectivity index (χ1) is 22.4. The number of imidazole rings is 1. The van der Waals surface area contributed by atoms with E-state index in [9.17, 15) is 9.59 Å². The van der Waals surface area contributed by atoms with E-state index in [4.69, 9.17) is 11.6 Å². The Balaban J connectivity index is 1.26. The standard InChI is InChI=1S/C34H30BrClN8O2/c1-23(27-6-2-3-7-30(27)43-17-5-15-38-43)39-33(45)32-31-22-40(21-24-8-13-28(35)29(36)20-24)18-19-41(31)34(46)44(32)26-11-9-25(10-12-26)42-16-4-14-37-42/h2-17,20,23H,18-19,21-22H2,1H3,(H,39,45)/t23-/m0/s1. The topological polar surface area (TPSA) is 94.9 Å². The van der Waals surface area contributed by atoms with Gasteiger partial charge in [-0.2, -0.15) is 10.2 Å². The molecule has 10 nitrogen and oxygen atoms in total. The van der Waals surface area contributed by atoms with Crippen molar-refractivity contribution in [3.8, 4) is 17.1 Å². The summed E-state index contributed by atoms with van der Waals surface area (Å²) in [7, 11) is 0. The van der Waals surface area contributed by atoms with Gasteiger partial charge in [-0.05, 0) is 88.6 Å². The van der Waals surface area contributed by atoms with Gasteiger partial charge in [0.05, 0.1) is 33.8 Å². The van der Waals surface area contributed by atoms with E-state index in [1.54, 1.807) is 26.3 Å². The van der Waals surface area contributed by atoms with Gasteiger partial charge >= 0.3 is 5.69 Å². The zero-order chi connectivity index (χ0) is 31.8. The number of carbonyl (C=O) groups excluding carboxylic acids is 1. The lowest BCUT2D eigenvalue weighted by atomic mass is 10.1. The van der Waals surface area contributed by atoms with Gasteiger partial charge in [-0.15, -0.1) is 0 Å². The van der Waals surface area contributed by atoms with Crippen molar-refractivity contribution in [3.05, 3.63) is 146 Å². The summed E-state index contributed by atoms with van der Waals surface area (Å²) in [5.74, 6) is -0.335. The summed E-state index contributed by atoms with van der Waals surface area (Å²) in [5, 5.41) is 12.5. The Labute approximate surface area is 278 Å². The fraction of sp³-hybridized carbons (Fsp3) is 0.176. The number of rotatable bonds is 8. The average molecular weight is 698 g/mol. The molecular formula is C34H30BrClN8O2. The molecule has 1 aliphatic heterocycles. The quantitative estimate of drug-likeness (QED) is 0.213. The summed E-state index contributed by atoms with van der Waals surface area (Å²) in [6, 6.07) is 24.5. The summed E-state index contributed by atoms with van der Waals surface area (Å²) in [4.78, 5) is 30.6. The zero-order valence-electron chi connectivity index (χ0n) is 24.9. The largest absolute Gasteiger partial charge is 0.344 e. The van der Waals surface area contributed by atoms with Crippen molar-refractivity contribution in [2.24, 2.45) is 0 Å². The molecule has 0 aliphatic carbocycles. The van der Waals surface area contributed by atoms with Crippen LogP contribution in [0.5, 0.6) is 0 Å². The third-order valence-corrected chi connectivity index (χ3v) is 9.47. The van der Waals surface area contributed by atoms with Crippen LogP contribution in [0.1, 0.15) is 40.3 Å². The molecule has 1 amide bonds. The summed E-state index contributed by atoms with van der Waals surface area (Å²) >= 11 is 9.84. The Kier molecular flexibility index (Phi) is 8.20. The molecule has 4 heterocycles. The number of nitrogens with zero attached hydrogens (tertiary/aromatic N) is 7. The number of amides is 1. The highest BCUT2D eigenvalue weighted by molar-refractivity contribution is 9.10. The second kappa shape index (κ2) is 12.6. The average Bonchev–Trinajstić information content (AvgIpc) is 3.85. The molecule has 7 rings (SSSR count). The van der Waals surface area contributed by atoms with E-state index in [0.717, 1.165) is 27.0 Å². The lowest BCUT2D eigenvalue weighted by Crippen LogP contribution is -2.37. The predicted molar refractivity (Wildman–Crippen MR) is 180 cm³/mol. The number of fused-ring (bicyclic) bond motifs is 1. The van der Waals surface area contributed by atoms with Gasteiger partial charge in [-0.25, -0.2) is 14.2 Å². The maximum atomic E-state index is 14.3. The normalized spacial score (nSPS) is 13.8. The Hall–Kier alpha value is -4.71. The van der Waals surface area contributed by atoms with Crippen LogP contribution in [0.2, 0.25) is 5.02 Å². The molecule has 1 atom stereocenters. The van der Waals surface area contributed by atoms with Crippen molar-refractivity contribution in [1.29, 1.82) is 0 Å². The minimum absolute atomic E-state index is 0.247. The third-order valence-electron chi connectivity index (χ3n) is 8.24. The molecular weight excluding hydrogens is 668 g/mol. The van der Waals surface area contributed by atoms with Gasteiger partial charge in [0.25, 0.3) is 5.91 Å². The van der Waals surface area contributed by atoms with Crippen LogP contribution in [0.25, 0.3) is 17.1 Å². The van der Waals surface area contributed by atoms with Crippen LogP contribution in [0, 0.1) is 0 Å². The van der Waals surface area contributed by atoms with Crippen LogP contribution in [0.15, 0.2) is 113 Å². The minimum atomic E-state index is -0.376. The summed E-state index contributed by atoms with van der Waals surface area (Å²) in [6.07, 6.45) is 7.16. The monoisotopic (exact) mass is 696 g/mol. The highest BCUT2D eigenvalue weighted by Crippen LogP contribution is 2.27. The lowest BCUT2D eigenvalue weighted by Gasteiger charge is -2.28. The fourth-order valence-corrected chi connectivity index (χ4v) is 6.46. The molecule has 46 heavy (non-hydrogen) atoms. The molecule has 3 aromatic carbocycles. The number of halogens is 2. The fourth-order valence-electron chi connectivity index (χ4n) is 6.01. The number of aromatic nitrogens is 6. The first kappa shape index (κ1) is 30.0. The maximum Gasteiger partial charge on any atom is 0.333 e. The van der Waals surface area contributed by atoms with Gasteiger partial charge in [-0.1, -0.05) is 35.9 Å². The van der Waals surface area contributed by atoms with Crippen LogP contribution in [0.4, 0.5) is 0 Å². The Bertz CT molecular complexity index is 2070. The number of hydrogen-bond donors (Lipinski definition) is 1. The number of para-hydroxylation sites is 1. The van der Waals surface area contributed by atoms with Gasteiger partial charge in [0.1, 0.15) is 5.69 Å². The molecule has 3 aromatic heterocycles. The molecule has 232 valence electrons. The van der Waals surface area contributed by atoms with E-state index in [1.165, 1.54) is 4.57 Å². The van der Waals surface area contributed by atoms with Crippen LogP contribution in [0.3, 0.4) is 0 Å². The summed E-state index contributed by atoms with van der Waals surface area (Å²) in [5.41, 5.74) is 5.00. The molecule has 0 unspecified atom stereocenters. The first-order valence-electron chi connectivity index (χ1n) is 14.9. The summed E-state index contributed by atoms with van der Waals surface area (Å²) in [6.45, 7) is 4.09. The van der Waals surface area contributed by atoms with Gasteiger partial charge in [0, 0.05) is 55.4 Å². The Morgan fingerprint density at radius 2 is 1.65 bits per heavy atom. The predicted octanol–water partition coefficient (Wildman–Crippen LogP) is 5.93. The van der Waals surface area contributed by atoms with Gasteiger partial charge in [0.15, 0.2) is 0 Å². The second-order valence-electron chi connectivity index (χ2n) is 11.2. The molecule has 0 bridgehead atoms. The summed E-state index contributed by atoms with van der Waals surface area (Å²) < 4.78 is 7.62. The molecule has 0 spiro atoms. The maximum absolute atomic E-state index is 14.3. The van der Waals surface area contributed by atoms with E-state index in [1.807, 2.05) is 98.2 Å². The van der Waals surface area contributed by atoms with Crippen molar-refractivity contribution >= 4 is 33.4 Å². The van der Waals surface area contributed by atoms with E-state index in [-0.39, 0.29) is 17.6 Å². The molecule has 0 radical (unpaired) electrons. The van der Waals surface area contributed by atoms with E-state index < -0.39 is 0 Å². The zero-order valence-corrected chi connectivity index (χ0v) is 27.3. The highest BCUT2D eigenvalue weighted by Gasteiger charge is 2.31. The van der Waals surface area contributed by atoms with Gasteiger partial charge in [0.2, 0.25) is 0 Å². The van der Waals surface area contributed by atoms with Crippen LogP contribution < -0.4 is 11.0 Å². The number of nitrogens with one attached hydrogen (secondary N) is 1. The molecule has 6 aromatic rings. The number of benzene rings is 3. The van der Waals surface area contributed by atoms with Crippen molar-refractivity contribution in [1.82, 2.24) is 38.9 Å². The van der Waals surface area contributed by atoms with Crippen LogP contribution in [-0.4, -0.2) is 46.0 Å². The molecule has 0 fully saturated rings.